The number of H-pyrrole nitrogens is 1. The maximum atomic E-state index is 14.5. The average molecular weight is 505 g/mol. The van der Waals surface area contributed by atoms with Gasteiger partial charge in [0.15, 0.2) is 17.5 Å². The zero-order chi connectivity index (χ0) is 25.6. The van der Waals surface area contributed by atoms with Gasteiger partial charge in [0, 0.05) is 47.8 Å². The van der Waals surface area contributed by atoms with Crippen molar-refractivity contribution in [3.8, 4) is 22.5 Å². The van der Waals surface area contributed by atoms with E-state index in [0.29, 0.717) is 24.4 Å². The van der Waals surface area contributed by atoms with Crippen LogP contribution in [0, 0.1) is 11.7 Å². The van der Waals surface area contributed by atoms with Crippen molar-refractivity contribution in [3.63, 3.8) is 0 Å². The highest BCUT2D eigenvalue weighted by Gasteiger charge is 2.49. The van der Waals surface area contributed by atoms with Crippen LogP contribution in [-0.2, 0) is 17.6 Å². The molecule has 1 unspecified atom stereocenters. The molecule has 1 fully saturated rings. The van der Waals surface area contributed by atoms with Crippen LogP contribution in [0.4, 0.5) is 24.7 Å². The van der Waals surface area contributed by atoms with Crippen molar-refractivity contribution in [1.29, 1.82) is 0 Å². The monoisotopic (exact) mass is 504 g/mol. The smallest absolute Gasteiger partial charge is 0.249 e. The third kappa shape index (κ3) is 4.78. The molecule has 0 bridgehead atoms. The van der Waals surface area contributed by atoms with Crippen LogP contribution in [0.15, 0.2) is 61.1 Å². The summed E-state index contributed by atoms with van der Waals surface area (Å²) in [5.41, 5.74) is 5.42. The normalized spacial score (nSPS) is 18.2. The maximum Gasteiger partial charge on any atom is 0.249 e. The molecule has 3 N–H and O–H groups in total. The van der Waals surface area contributed by atoms with Gasteiger partial charge in [-0.3, -0.25) is 9.89 Å². The third-order valence-corrected chi connectivity index (χ3v) is 6.93. The van der Waals surface area contributed by atoms with Gasteiger partial charge in [0.05, 0.1) is 12.4 Å². The lowest BCUT2D eigenvalue weighted by molar-refractivity contribution is -0.150. The second kappa shape index (κ2) is 9.02. The molecule has 0 spiro atoms. The number of hydrogen-bond acceptors (Lipinski definition) is 5. The van der Waals surface area contributed by atoms with Crippen LogP contribution in [-0.4, -0.2) is 38.0 Å². The zero-order valence-corrected chi connectivity index (χ0v) is 19.6. The predicted molar refractivity (Wildman–Crippen MR) is 132 cm³/mol. The summed E-state index contributed by atoms with van der Waals surface area (Å²) in [6, 6.07) is 13.1. The van der Waals surface area contributed by atoms with Crippen molar-refractivity contribution in [2.24, 2.45) is 5.92 Å². The molecule has 6 rings (SSSR count). The second-order valence-electron chi connectivity index (χ2n) is 9.64. The fourth-order valence-corrected chi connectivity index (χ4v) is 4.91. The van der Waals surface area contributed by atoms with Crippen LogP contribution >= 0.6 is 0 Å². The van der Waals surface area contributed by atoms with Gasteiger partial charge in [-0.25, -0.2) is 23.1 Å². The highest BCUT2D eigenvalue weighted by atomic mass is 19.3. The third-order valence-electron chi connectivity index (χ3n) is 6.93. The summed E-state index contributed by atoms with van der Waals surface area (Å²) in [6.45, 7) is 0. The number of carbonyl (C=O) groups is 1. The van der Waals surface area contributed by atoms with Crippen molar-refractivity contribution < 1.29 is 18.0 Å². The van der Waals surface area contributed by atoms with Crippen molar-refractivity contribution in [2.75, 3.05) is 5.32 Å². The number of benzene rings is 2. The summed E-state index contributed by atoms with van der Waals surface area (Å²) in [7, 11) is 0. The van der Waals surface area contributed by atoms with Gasteiger partial charge >= 0.3 is 0 Å². The second-order valence-corrected chi connectivity index (χ2v) is 9.64. The van der Waals surface area contributed by atoms with Gasteiger partial charge in [0.25, 0.3) is 0 Å². The molecule has 7 nitrogen and oxygen atoms in total. The molecule has 2 heterocycles. The highest BCUT2D eigenvalue weighted by Crippen LogP contribution is 2.42. The van der Waals surface area contributed by atoms with E-state index in [1.807, 2.05) is 42.5 Å². The van der Waals surface area contributed by atoms with E-state index in [1.54, 1.807) is 12.4 Å². The van der Waals surface area contributed by atoms with Crippen molar-refractivity contribution in [2.45, 2.75) is 37.6 Å². The Morgan fingerprint density at radius 1 is 0.973 bits per heavy atom. The van der Waals surface area contributed by atoms with Crippen LogP contribution in [0.5, 0.6) is 0 Å². The first-order valence-electron chi connectivity index (χ1n) is 12.0. The molecular formula is C27H23F3N6O. The minimum absolute atomic E-state index is 0.0593. The zero-order valence-electron chi connectivity index (χ0n) is 19.6. The van der Waals surface area contributed by atoms with Gasteiger partial charge in [0.1, 0.15) is 0 Å². The summed E-state index contributed by atoms with van der Waals surface area (Å²) in [5, 5.41) is 12.6. The Labute approximate surface area is 210 Å². The molecule has 1 amide bonds. The van der Waals surface area contributed by atoms with Crippen molar-refractivity contribution >= 4 is 17.4 Å². The quantitative estimate of drug-likeness (QED) is 0.342. The number of aromatic amines is 1. The lowest BCUT2D eigenvalue weighted by Crippen LogP contribution is -2.48. The molecule has 0 aliphatic heterocycles. The Morgan fingerprint density at radius 3 is 2.46 bits per heavy atom. The van der Waals surface area contributed by atoms with E-state index < -0.39 is 17.7 Å². The van der Waals surface area contributed by atoms with Crippen LogP contribution in [0.3, 0.4) is 0 Å². The standard InChI is InChI=1S/C27H23F3N6O/c28-23-14-31-24(36-25(23)34-21-5-3-15(4-6-21)20-12-32-33-13-20)17-2-1-16-8-22(9-18(16)7-17)35-26(37)19-10-27(29,30)11-19/h1-7,12-14,19,22H,8-11H2,(H,32,33)(H,35,37)(H,31,34,36). The Kier molecular flexibility index (Phi) is 5.66. The first-order valence-corrected chi connectivity index (χ1v) is 12.0. The predicted octanol–water partition coefficient (Wildman–Crippen LogP) is 5.05. The Hall–Kier alpha value is -4.21. The maximum absolute atomic E-state index is 14.5. The molecule has 0 saturated heterocycles. The first kappa shape index (κ1) is 23.2. The summed E-state index contributed by atoms with van der Waals surface area (Å²) in [5.74, 6) is -3.79. The number of nitrogens with one attached hydrogen (secondary N) is 3. The largest absolute Gasteiger partial charge is 0.352 e. The average Bonchev–Trinajstić information content (AvgIpc) is 3.54. The molecule has 2 aromatic carbocycles. The lowest BCUT2D eigenvalue weighted by Gasteiger charge is -2.34. The van der Waals surface area contributed by atoms with Crippen molar-refractivity contribution in [3.05, 3.63) is 78.0 Å². The molecule has 10 heteroatoms. The number of hydrogen-bond donors (Lipinski definition) is 3. The molecule has 37 heavy (non-hydrogen) atoms. The molecule has 2 aliphatic rings. The number of halogens is 3. The summed E-state index contributed by atoms with van der Waals surface area (Å²) in [6.07, 6.45) is 5.12. The van der Waals surface area contributed by atoms with Crippen LogP contribution in [0.1, 0.15) is 24.0 Å². The van der Waals surface area contributed by atoms with Gasteiger partial charge in [-0.15, -0.1) is 0 Å². The first-order chi connectivity index (χ1) is 17.8. The van der Waals surface area contributed by atoms with E-state index in [2.05, 4.69) is 30.8 Å². The number of carbonyl (C=O) groups excluding carboxylic acids is 1. The Bertz CT molecular complexity index is 1450. The molecular weight excluding hydrogens is 481 g/mol. The topological polar surface area (TPSA) is 95.6 Å². The fraction of sp³-hybridized carbons (Fsp3) is 0.259. The molecule has 0 radical (unpaired) electrons. The van der Waals surface area contributed by atoms with E-state index in [1.165, 1.54) is 0 Å². The van der Waals surface area contributed by atoms with E-state index >= 15 is 0 Å². The minimum Gasteiger partial charge on any atom is -0.352 e. The van der Waals surface area contributed by atoms with Gasteiger partial charge < -0.3 is 10.6 Å². The van der Waals surface area contributed by atoms with E-state index in [0.717, 1.165) is 34.0 Å². The Balaban J connectivity index is 1.14. The molecule has 1 saturated carbocycles. The van der Waals surface area contributed by atoms with Crippen LogP contribution in [0.2, 0.25) is 0 Å². The molecule has 4 aromatic rings. The number of nitrogens with zero attached hydrogens (tertiary/aromatic N) is 3. The van der Waals surface area contributed by atoms with Crippen LogP contribution in [0.25, 0.3) is 22.5 Å². The number of anilines is 2. The van der Waals surface area contributed by atoms with Gasteiger partial charge in [0.2, 0.25) is 11.8 Å². The number of amides is 1. The minimum atomic E-state index is -2.72. The number of fused-ring (bicyclic) bond motifs is 1. The number of alkyl halides is 2. The summed E-state index contributed by atoms with van der Waals surface area (Å²) in [4.78, 5) is 20.9. The van der Waals surface area contributed by atoms with Crippen LogP contribution < -0.4 is 10.6 Å². The summed E-state index contributed by atoms with van der Waals surface area (Å²) < 4.78 is 40.7. The SMILES string of the molecule is O=C(NC1Cc2ccc(-c3ncc(F)c(Nc4ccc(-c5cn[nH]c5)cc4)n3)cc2C1)C1CC(F)(F)C1. The fourth-order valence-electron chi connectivity index (χ4n) is 4.91. The lowest BCUT2D eigenvalue weighted by atomic mass is 9.80. The molecule has 188 valence electrons. The highest BCUT2D eigenvalue weighted by molar-refractivity contribution is 5.80. The molecule has 2 aliphatic carbocycles. The molecule has 2 aromatic heterocycles. The Morgan fingerprint density at radius 2 is 1.73 bits per heavy atom. The summed E-state index contributed by atoms with van der Waals surface area (Å²) >= 11 is 0. The molecule has 1 atom stereocenters. The van der Waals surface area contributed by atoms with E-state index in [4.69, 9.17) is 0 Å². The van der Waals surface area contributed by atoms with Gasteiger partial charge in [-0.05, 0) is 47.7 Å². The number of rotatable bonds is 6. The van der Waals surface area contributed by atoms with Gasteiger partial charge in [-0.2, -0.15) is 5.10 Å². The van der Waals surface area contributed by atoms with E-state index in [9.17, 15) is 18.0 Å². The van der Waals surface area contributed by atoms with Gasteiger partial charge in [-0.1, -0.05) is 24.3 Å². The number of aromatic nitrogens is 4. The van der Waals surface area contributed by atoms with E-state index in [-0.39, 0.29) is 30.6 Å². The van der Waals surface area contributed by atoms with Crippen molar-refractivity contribution in [1.82, 2.24) is 25.5 Å².